The molecular formula is C16H11FO4. The maximum absolute atomic E-state index is 13.7. The summed E-state index contributed by atoms with van der Waals surface area (Å²) in [4.78, 5) is 23.6. The quantitative estimate of drug-likeness (QED) is 0.881. The normalized spacial score (nSPS) is 16.1. The maximum Gasteiger partial charge on any atom is 0.314 e. The SMILES string of the molecule is O=C(c1ccccc1)c1cc(F)cc2c1OCC2C(=O)O. The minimum atomic E-state index is -1.10. The number of aliphatic carboxylic acids is 1. The van der Waals surface area contributed by atoms with E-state index in [1.54, 1.807) is 30.3 Å². The lowest BCUT2D eigenvalue weighted by atomic mass is 9.95. The standard InChI is InChI=1S/C16H11FO4/c17-10-6-11-13(16(19)20)8-21-15(11)12(7-10)14(18)9-4-2-1-3-5-9/h1-7,13H,8H2,(H,19,20). The Morgan fingerprint density at radius 1 is 1.19 bits per heavy atom. The summed E-state index contributed by atoms with van der Waals surface area (Å²) in [6, 6.07) is 10.6. The lowest BCUT2D eigenvalue weighted by molar-refractivity contribution is -0.138. The number of benzene rings is 2. The summed E-state index contributed by atoms with van der Waals surface area (Å²) >= 11 is 0. The van der Waals surface area contributed by atoms with Gasteiger partial charge in [0.1, 0.15) is 24.1 Å². The van der Waals surface area contributed by atoms with E-state index in [9.17, 15) is 14.0 Å². The number of ether oxygens (including phenoxy) is 1. The highest BCUT2D eigenvalue weighted by Gasteiger charge is 2.34. The van der Waals surface area contributed by atoms with Crippen LogP contribution in [0.2, 0.25) is 0 Å². The van der Waals surface area contributed by atoms with Gasteiger partial charge >= 0.3 is 5.97 Å². The third-order valence-electron chi connectivity index (χ3n) is 3.43. The summed E-state index contributed by atoms with van der Waals surface area (Å²) in [5.74, 6) is -2.92. The van der Waals surface area contributed by atoms with E-state index >= 15 is 0 Å². The van der Waals surface area contributed by atoms with Crippen LogP contribution < -0.4 is 4.74 Å². The molecule has 2 aromatic rings. The Bertz CT molecular complexity index is 725. The van der Waals surface area contributed by atoms with Crippen LogP contribution in [0, 0.1) is 5.82 Å². The molecule has 0 spiro atoms. The lowest BCUT2D eigenvalue weighted by Gasteiger charge is -2.08. The predicted octanol–water partition coefficient (Wildman–Crippen LogP) is 2.62. The Morgan fingerprint density at radius 3 is 2.57 bits per heavy atom. The molecule has 1 N–H and O–H groups in total. The van der Waals surface area contributed by atoms with Crippen molar-refractivity contribution in [3.05, 3.63) is 65.0 Å². The number of fused-ring (bicyclic) bond motifs is 1. The summed E-state index contributed by atoms with van der Waals surface area (Å²) in [6.07, 6.45) is 0. The maximum atomic E-state index is 13.7. The first-order valence-corrected chi connectivity index (χ1v) is 6.36. The summed E-state index contributed by atoms with van der Waals surface area (Å²) < 4.78 is 19.1. The zero-order chi connectivity index (χ0) is 15.0. The molecule has 0 bridgehead atoms. The summed E-state index contributed by atoms with van der Waals surface area (Å²) in [6.45, 7) is -0.0941. The van der Waals surface area contributed by atoms with Crippen LogP contribution in [0.25, 0.3) is 0 Å². The molecule has 0 fully saturated rings. The molecule has 1 aliphatic heterocycles. The van der Waals surface area contributed by atoms with Crippen LogP contribution in [-0.4, -0.2) is 23.5 Å². The molecule has 3 rings (SSSR count). The smallest absolute Gasteiger partial charge is 0.314 e. The predicted molar refractivity (Wildman–Crippen MR) is 72.1 cm³/mol. The molecule has 106 valence electrons. The van der Waals surface area contributed by atoms with E-state index in [0.717, 1.165) is 12.1 Å². The first-order valence-electron chi connectivity index (χ1n) is 6.36. The number of halogens is 1. The molecule has 0 saturated heterocycles. The van der Waals surface area contributed by atoms with Gasteiger partial charge in [-0.15, -0.1) is 0 Å². The van der Waals surface area contributed by atoms with Crippen LogP contribution >= 0.6 is 0 Å². The van der Waals surface area contributed by atoms with Gasteiger partial charge in [-0.3, -0.25) is 9.59 Å². The van der Waals surface area contributed by atoms with E-state index in [2.05, 4.69) is 0 Å². The van der Waals surface area contributed by atoms with Crippen molar-refractivity contribution >= 4 is 11.8 Å². The zero-order valence-corrected chi connectivity index (χ0v) is 10.9. The fourth-order valence-corrected chi connectivity index (χ4v) is 2.41. The Labute approximate surface area is 119 Å². The number of hydrogen-bond donors (Lipinski definition) is 1. The molecule has 2 aromatic carbocycles. The van der Waals surface area contributed by atoms with Gasteiger partial charge in [-0.1, -0.05) is 30.3 Å². The van der Waals surface area contributed by atoms with E-state index in [1.807, 2.05) is 0 Å². The number of carboxylic acid groups (broad SMARTS) is 1. The number of carbonyl (C=O) groups is 2. The van der Waals surface area contributed by atoms with Crippen molar-refractivity contribution in [1.29, 1.82) is 0 Å². The largest absolute Gasteiger partial charge is 0.491 e. The second-order valence-corrected chi connectivity index (χ2v) is 4.77. The number of ketones is 1. The first kappa shape index (κ1) is 13.3. The van der Waals surface area contributed by atoms with Gasteiger partial charge in [-0.05, 0) is 12.1 Å². The average molecular weight is 286 g/mol. The molecule has 0 aliphatic carbocycles. The van der Waals surface area contributed by atoms with Crippen molar-refractivity contribution in [2.45, 2.75) is 5.92 Å². The van der Waals surface area contributed by atoms with Crippen LogP contribution in [0.1, 0.15) is 27.4 Å². The molecule has 0 radical (unpaired) electrons. The number of rotatable bonds is 3. The second kappa shape index (κ2) is 5.01. The van der Waals surface area contributed by atoms with Gasteiger partial charge in [-0.25, -0.2) is 4.39 Å². The molecule has 21 heavy (non-hydrogen) atoms. The molecule has 0 aromatic heterocycles. The third kappa shape index (κ3) is 2.27. The van der Waals surface area contributed by atoms with Gasteiger partial charge in [0.25, 0.3) is 0 Å². The van der Waals surface area contributed by atoms with Crippen molar-refractivity contribution < 1.29 is 23.8 Å². The van der Waals surface area contributed by atoms with Gasteiger partial charge in [0, 0.05) is 11.1 Å². The number of carboxylic acids is 1. The van der Waals surface area contributed by atoms with Gasteiger partial charge in [0.05, 0.1) is 5.56 Å². The van der Waals surface area contributed by atoms with Crippen molar-refractivity contribution in [2.24, 2.45) is 0 Å². The monoisotopic (exact) mass is 286 g/mol. The fourth-order valence-electron chi connectivity index (χ4n) is 2.41. The molecule has 1 atom stereocenters. The topological polar surface area (TPSA) is 63.6 Å². The van der Waals surface area contributed by atoms with Crippen molar-refractivity contribution in [3.63, 3.8) is 0 Å². The van der Waals surface area contributed by atoms with Crippen molar-refractivity contribution in [1.82, 2.24) is 0 Å². The molecule has 1 unspecified atom stereocenters. The third-order valence-corrected chi connectivity index (χ3v) is 3.43. The second-order valence-electron chi connectivity index (χ2n) is 4.77. The molecule has 1 heterocycles. The number of carbonyl (C=O) groups excluding carboxylic acids is 1. The van der Waals surface area contributed by atoms with Gasteiger partial charge in [0.2, 0.25) is 0 Å². The van der Waals surface area contributed by atoms with Crippen LogP contribution in [0.5, 0.6) is 5.75 Å². The summed E-state index contributed by atoms with van der Waals surface area (Å²) in [5.41, 5.74) is 0.661. The highest BCUT2D eigenvalue weighted by Crippen LogP contribution is 2.38. The highest BCUT2D eigenvalue weighted by molar-refractivity contribution is 6.11. The van der Waals surface area contributed by atoms with Gasteiger partial charge < -0.3 is 9.84 Å². The minimum Gasteiger partial charge on any atom is -0.491 e. The van der Waals surface area contributed by atoms with E-state index in [-0.39, 0.29) is 23.5 Å². The summed E-state index contributed by atoms with van der Waals surface area (Å²) in [7, 11) is 0. The van der Waals surface area contributed by atoms with Crippen LogP contribution in [-0.2, 0) is 4.79 Å². The molecule has 4 nitrogen and oxygen atoms in total. The Hall–Kier alpha value is -2.69. The van der Waals surface area contributed by atoms with Gasteiger partial charge in [-0.2, -0.15) is 0 Å². The molecular weight excluding hydrogens is 275 g/mol. The Balaban J connectivity index is 2.11. The van der Waals surface area contributed by atoms with E-state index in [4.69, 9.17) is 9.84 Å². The molecule has 0 amide bonds. The summed E-state index contributed by atoms with van der Waals surface area (Å²) in [5, 5.41) is 9.11. The van der Waals surface area contributed by atoms with Crippen molar-refractivity contribution in [2.75, 3.05) is 6.61 Å². The molecule has 1 aliphatic rings. The molecule has 5 heteroatoms. The van der Waals surface area contributed by atoms with E-state index < -0.39 is 23.5 Å². The zero-order valence-electron chi connectivity index (χ0n) is 10.9. The van der Waals surface area contributed by atoms with Crippen LogP contribution in [0.4, 0.5) is 4.39 Å². The molecule has 0 saturated carbocycles. The highest BCUT2D eigenvalue weighted by atomic mass is 19.1. The van der Waals surface area contributed by atoms with Crippen LogP contribution in [0.15, 0.2) is 42.5 Å². The van der Waals surface area contributed by atoms with Gasteiger partial charge in [0.15, 0.2) is 5.78 Å². The number of hydrogen-bond acceptors (Lipinski definition) is 3. The van der Waals surface area contributed by atoms with Crippen molar-refractivity contribution in [3.8, 4) is 5.75 Å². The Morgan fingerprint density at radius 2 is 1.90 bits per heavy atom. The fraction of sp³-hybridized carbons (Fsp3) is 0.125. The Kier molecular flexibility index (Phi) is 3.17. The lowest BCUT2D eigenvalue weighted by Crippen LogP contribution is -2.12. The minimum absolute atomic E-state index is 0.0555. The van der Waals surface area contributed by atoms with Crippen LogP contribution in [0.3, 0.4) is 0 Å². The average Bonchev–Trinajstić information content (AvgIpc) is 2.90. The first-order chi connectivity index (χ1) is 10.1. The van der Waals surface area contributed by atoms with E-state index in [1.165, 1.54) is 0 Å². The van der Waals surface area contributed by atoms with E-state index in [0.29, 0.717) is 5.56 Å².